The van der Waals surface area contributed by atoms with Gasteiger partial charge in [-0.15, -0.1) is 0 Å². The summed E-state index contributed by atoms with van der Waals surface area (Å²) >= 11 is 0. The van der Waals surface area contributed by atoms with Gasteiger partial charge in [0.2, 0.25) is 0 Å². The molecule has 0 radical (unpaired) electrons. The second kappa shape index (κ2) is 6.14. The summed E-state index contributed by atoms with van der Waals surface area (Å²) in [5, 5.41) is 12.1. The minimum absolute atomic E-state index is 0.113. The highest BCUT2D eigenvalue weighted by molar-refractivity contribution is 5.69. The van der Waals surface area contributed by atoms with Crippen LogP contribution in [0.15, 0.2) is 30.5 Å². The van der Waals surface area contributed by atoms with Crippen molar-refractivity contribution in [3.63, 3.8) is 0 Å². The second-order valence-electron chi connectivity index (χ2n) is 4.59. The summed E-state index contributed by atoms with van der Waals surface area (Å²) in [5.41, 5.74) is 3.56. The molecule has 0 aliphatic heterocycles. The monoisotopic (exact) mass is 271 g/mol. The molecule has 0 aliphatic rings. The SMILES string of the molecule is Cc1ncc(Nc2ccccc2CCC(=O)O)c(C)n1. The van der Waals surface area contributed by atoms with Gasteiger partial charge >= 0.3 is 5.97 Å². The zero-order valence-corrected chi connectivity index (χ0v) is 11.6. The van der Waals surface area contributed by atoms with Crippen LogP contribution < -0.4 is 5.32 Å². The molecule has 1 aromatic carbocycles. The molecule has 0 saturated heterocycles. The van der Waals surface area contributed by atoms with Crippen molar-refractivity contribution in [2.24, 2.45) is 0 Å². The van der Waals surface area contributed by atoms with E-state index in [1.807, 2.05) is 38.1 Å². The van der Waals surface area contributed by atoms with Crippen molar-refractivity contribution >= 4 is 17.3 Å². The molecular weight excluding hydrogens is 254 g/mol. The van der Waals surface area contributed by atoms with Gasteiger partial charge in [-0.3, -0.25) is 4.79 Å². The van der Waals surface area contributed by atoms with Crippen molar-refractivity contribution < 1.29 is 9.90 Å². The molecule has 0 aliphatic carbocycles. The molecule has 1 heterocycles. The van der Waals surface area contributed by atoms with Crippen LogP contribution in [0.4, 0.5) is 11.4 Å². The van der Waals surface area contributed by atoms with E-state index in [4.69, 9.17) is 5.11 Å². The number of rotatable bonds is 5. The first-order valence-corrected chi connectivity index (χ1v) is 6.43. The fourth-order valence-corrected chi connectivity index (χ4v) is 1.95. The lowest BCUT2D eigenvalue weighted by molar-refractivity contribution is -0.136. The van der Waals surface area contributed by atoms with Crippen LogP contribution in [-0.4, -0.2) is 21.0 Å². The summed E-state index contributed by atoms with van der Waals surface area (Å²) in [4.78, 5) is 19.2. The Labute approximate surface area is 117 Å². The highest BCUT2D eigenvalue weighted by Crippen LogP contribution is 2.23. The lowest BCUT2D eigenvalue weighted by Gasteiger charge is -2.13. The summed E-state index contributed by atoms with van der Waals surface area (Å²) in [7, 11) is 0. The molecule has 2 N–H and O–H groups in total. The number of carbonyl (C=O) groups is 1. The number of benzene rings is 1. The third-order valence-electron chi connectivity index (χ3n) is 2.99. The van der Waals surface area contributed by atoms with Crippen LogP contribution >= 0.6 is 0 Å². The summed E-state index contributed by atoms with van der Waals surface area (Å²) < 4.78 is 0. The summed E-state index contributed by atoms with van der Waals surface area (Å²) in [5.74, 6) is -0.0677. The molecular formula is C15H17N3O2. The number of hydrogen-bond acceptors (Lipinski definition) is 4. The molecule has 0 unspecified atom stereocenters. The lowest BCUT2D eigenvalue weighted by Crippen LogP contribution is -2.03. The smallest absolute Gasteiger partial charge is 0.303 e. The molecule has 104 valence electrons. The minimum Gasteiger partial charge on any atom is -0.481 e. The van der Waals surface area contributed by atoms with Gasteiger partial charge in [0.05, 0.1) is 17.6 Å². The number of aromatic nitrogens is 2. The quantitative estimate of drug-likeness (QED) is 0.874. The third kappa shape index (κ3) is 3.54. The van der Waals surface area contributed by atoms with E-state index in [2.05, 4.69) is 15.3 Å². The Kier molecular flexibility index (Phi) is 4.30. The predicted molar refractivity (Wildman–Crippen MR) is 77.2 cm³/mol. The number of para-hydroxylation sites is 1. The Bertz CT molecular complexity index is 626. The molecule has 0 spiro atoms. The van der Waals surface area contributed by atoms with Crippen LogP contribution in [0.2, 0.25) is 0 Å². The van der Waals surface area contributed by atoms with Crippen LogP contribution in [0.25, 0.3) is 0 Å². The van der Waals surface area contributed by atoms with E-state index in [9.17, 15) is 4.79 Å². The van der Waals surface area contributed by atoms with Crippen LogP contribution in [0.1, 0.15) is 23.5 Å². The van der Waals surface area contributed by atoms with Gasteiger partial charge in [-0.2, -0.15) is 0 Å². The Hall–Kier alpha value is -2.43. The maximum atomic E-state index is 10.7. The van der Waals surface area contributed by atoms with Gasteiger partial charge < -0.3 is 10.4 Å². The first kappa shape index (κ1) is 14.0. The normalized spacial score (nSPS) is 10.3. The van der Waals surface area contributed by atoms with Crippen molar-refractivity contribution in [2.75, 3.05) is 5.32 Å². The third-order valence-corrected chi connectivity index (χ3v) is 2.99. The van der Waals surface area contributed by atoms with E-state index in [1.54, 1.807) is 6.20 Å². The van der Waals surface area contributed by atoms with Gasteiger partial charge in [0, 0.05) is 12.1 Å². The Morgan fingerprint density at radius 3 is 2.70 bits per heavy atom. The summed E-state index contributed by atoms with van der Waals surface area (Å²) in [6, 6.07) is 7.67. The Morgan fingerprint density at radius 2 is 2.00 bits per heavy atom. The van der Waals surface area contributed by atoms with Crippen molar-refractivity contribution in [2.45, 2.75) is 26.7 Å². The summed E-state index contributed by atoms with van der Waals surface area (Å²) in [6.07, 6.45) is 2.35. The van der Waals surface area contributed by atoms with Gasteiger partial charge in [0.15, 0.2) is 0 Å². The van der Waals surface area contributed by atoms with Crippen LogP contribution in [0.3, 0.4) is 0 Å². The molecule has 0 fully saturated rings. The Morgan fingerprint density at radius 1 is 1.25 bits per heavy atom. The molecule has 0 saturated carbocycles. The zero-order chi connectivity index (χ0) is 14.5. The molecule has 5 heteroatoms. The average Bonchev–Trinajstić information content (AvgIpc) is 2.41. The largest absolute Gasteiger partial charge is 0.481 e. The fourth-order valence-electron chi connectivity index (χ4n) is 1.95. The lowest BCUT2D eigenvalue weighted by atomic mass is 10.1. The van der Waals surface area contributed by atoms with E-state index in [0.29, 0.717) is 6.42 Å². The number of carboxylic acid groups (broad SMARTS) is 1. The van der Waals surface area contributed by atoms with Crippen LogP contribution in [0, 0.1) is 13.8 Å². The van der Waals surface area contributed by atoms with Gasteiger partial charge in [-0.1, -0.05) is 18.2 Å². The number of aliphatic carboxylic acids is 1. The van der Waals surface area contributed by atoms with Gasteiger partial charge in [0.25, 0.3) is 0 Å². The molecule has 5 nitrogen and oxygen atoms in total. The van der Waals surface area contributed by atoms with E-state index < -0.39 is 5.97 Å². The number of nitrogens with one attached hydrogen (secondary N) is 1. The number of hydrogen-bond donors (Lipinski definition) is 2. The van der Waals surface area contributed by atoms with E-state index in [1.165, 1.54) is 0 Å². The molecule has 0 atom stereocenters. The van der Waals surface area contributed by atoms with E-state index >= 15 is 0 Å². The maximum Gasteiger partial charge on any atom is 0.303 e. The van der Waals surface area contributed by atoms with Crippen LogP contribution in [-0.2, 0) is 11.2 Å². The standard InChI is InChI=1S/C15H17N3O2/c1-10-14(9-16-11(2)17-10)18-13-6-4-3-5-12(13)7-8-15(19)20/h3-6,9,18H,7-8H2,1-2H3,(H,19,20). The van der Waals surface area contributed by atoms with Gasteiger partial charge in [0.1, 0.15) is 5.82 Å². The topological polar surface area (TPSA) is 75.1 Å². The van der Waals surface area contributed by atoms with Gasteiger partial charge in [-0.05, 0) is 31.9 Å². The zero-order valence-electron chi connectivity index (χ0n) is 11.6. The molecule has 2 rings (SSSR count). The number of anilines is 2. The van der Waals surface area contributed by atoms with Crippen LogP contribution in [0.5, 0.6) is 0 Å². The van der Waals surface area contributed by atoms with Gasteiger partial charge in [-0.25, -0.2) is 9.97 Å². The Balaban J connectivity index is 2.22. The number of carboxylic acids is 1. The van der Waals surface area contributed by atoms with Crippen molar-refractivity contribution in [3.05, 3.63) is 47.5 Å². The van der Waals surface area contributed by atoms with Crippen molar-refractivity contribution in [1.82, 2.24) is 9.97 Å². The highest BCUT2D eigenvalue weighted by Gasteiger charge is 2.07. The molecule has 0 bridgehead atoms. The minimum atomic E-state index is -0.797. The van der Waals surface area contributed by atoms with Crippen molar-refractivity contribution in [1.29, 1.82) is 0 Å². The predicted octanol–water partition coefficient (Wildman–Crippen LogP) is 2.85. The fraction of sp³-hybridized carbons (Fsp3) is 0.267. The maximum absolute atomic E-state index is 10.7. The molecule has 20 heavy (non-hydrogen) atoms. The molecule has 1 aromatic heterocycles. The van der Waals surface area contributed by atoms with Crippen molar-refractivity contribution in [3.8, 4) is 0 Å². The second-order valence-corrected chi connectivity index (χ2v) is 4.59. The van der Waals surface area contributed by atoms with E-state index in [-0.39, 0.29) is 6.42 Å². The molecule has 0 amide bonds. The first-order chi connectivity index (χ1) is 9.56. The van der Waals surface area contributed by atoms with E-state index in [0.717, 1.165) is 28.5 Å². The molecule has 2 aromatic rings. The summed E-state index contributed by atoms with van der Waals surface area (Å²) in [6.45, 7) is 3.76. The highest BCUT2D eigenvalue weighted by atomic mass is 16.4. The number of aryl methyl sites for hydroxylation is 3. The number of nitrogens with zero attached hydrogens (tertiary/aromatic N) is 2. The first-order valence-electron chi connectivity index (χ1n) is 6.43. The average molecular weight is 271 g/mol.